The second-order valence-corrected chi connectivity index (χ2v) is 5.28. The van der Waals surface area contributed by atoms with Crippen LogP contribution in [0.1, 0.15) is 45.3 Å². The molecular weight excluding hydrogens is 224 g/mol. The molecule has 1 saturated heterocycles. The van der Waals surface area contributed by atoms with Crippen molar-refractivity contribution in [2.75, 3.05) is 19.6 Å². The van der Waals surface area contributed by atoms with E-state index in [2.05, 4.69) is 47.9 Å². The predicted octanol–water partition coefficient (Wildman–Crippen LogP) is 2.04. The Labute approximate surface area is 110 Å². The molecule has 1 fully saturated rings. The molecule has 0 radical (unpaired) electrons. The Hall–Kier alpha value is -0.870. The third-order valence-corrected chi connectivity index (χ3v) is 3.98. The molecule has 1 aromatic heterocycles. The third-order valence-electron chi connectivity index (χ3n) is 3.98. The summed E-state index contributed by atoms with van der Waals surface area (Å²) in [5.74, 6) is 0. The molecule has 18 heavy (non-hydrogen) atoms. The highest BCUT2D eigenvalue weighted by Gasteiger charge is 2.19. The molecule has 1 aliphatic rings. The Kier molecular flexibility index (Phi) is 4.78. The van der Waals surface area contributed by atoms with Crippen LogP contribution in [0.3, 0.4) is 0 Å². The molecule has 0 aromatic carbocycles. The number of piperazine rings is 1. The lowest BCUT2D eigenvalue weighted by Gasteiger charge is -2.33. The highest BCUT2D eigenvalue weighted by Crippen LogP contribution is 2.15. The average molecular weight is 250 g/mol. The minimum Gasteiger partial charge on any atom is -0.314 e. The van der Waals surface area contributed by atoms with E-state index < -0.39 is 0 Å². The van der Waals surface area contributed by atoms with Gasteiger partial charge in [0.15, 0.2) is 0 Å². The first-order valence-electron chi connectivity index (χ1n) is 7.23. The molecule has 0 spiro atoms. The zero-order chi connectivity index (χ0) is 13.0. The third kappa shape index (κ3) is 3.12. The molecule has 0 saturated carbocycles. The van der Waals surface area contributed by atoms with Crippen molar-refractivity contribution in [2.45, 2.75) is 52.2 Å². The predicted molar refractivity (Wildman–Crippen MR) is 74.6 cm³/mol. The fourth-order valence-corrected chi connectivity index (χ4v) is 2.65. The Morgan fingerprint density at radius 2 is 2.22 bits per heavy atom. The summed E-state index contributed by atoms with van der Waals surface area (Å²) >= 11 is 0. The first-order chi connectivity index (χ1) is 8.74. The highest BCUT2D eigenvalue weighted by atomic mass is 15.3. The molecule has 2 heterocycles. The number of nitrogens with one attached hydrogen (secondary N) is 1. The summed E-state index contributed by atoms with van der Waals surface area (Å²) in [7, 11) is 0. The largest absolute Gasteiger partial charge is 0.314 e. The molecule has 1 aliphatic heterocycles. The Morgan fingerprint density at radius 1 is 1.44 bits per heavy atom. The lowest BCUT2D eigenvalue weighted by Crippen LogP contribution is -2.49. The van der Waals surface area contributed by atoms with Crippen molar-refractivity contribution < 1.29 is 0 Å². The lowest BCUT2D eigenvalue weighted by molar-refractivity contribution is 0.163. The van der Waals surface area contributed by atoms with E-state index in [0.29, 0.717) is 12.1 Å². The van der Waals surface area contributed by atoms with Crippen molar-refractivity contribution in [2.24, 2.45) is 0 Å². The van der Waals surface area contributed by atoms with Gasteiger partial charge in [0.2, 0.25) is 0 Å². The molecule has 0 bridgehead atoms. The van der Waals surface area contributed by atoms with Gasteiger partial charge in [-0.05, 0) is 25.8 Å². The molecule has 4 heteroatoms. The van der Waals surface area contributed by atoms with Crippen LogP contribution in [0, 0.1) is 0 Å². The minimum atomic E-state index is 0.555. The van der Waals surface area contributed by atoms with Crippen LogP contribution >= 0.6 is 0 Å². The molecule has 0 aliphatic carbocycles. The van der Waals surface area contributed by atoms with Crippen molar-refractivity contribution >= 4 is 0 Å². The Bertz CT molecular complexity index is 356. The second-order valence-electron chi connectivity index (χ2n) is 5.28. The van der Waals surface area contributed by atoms with E-state index in [1.807, 2.05) is 0 Å². The molecule has 4 nitrogen and oxygen atoms in total. The van der Waals surface area contributed by atoms with Gasteiger partial charge in [0.25, 0.3) is 0 Å². The number of aromatic nitrogens is 2. The van der Waals surface area contributed by atoms with Gasteiger partial charge in [0, 0.05) is 38.4 Å². The van der Waals surface area contributed by atoms with Gasteiger partial charge in [-0.25, -0.2) is 0 Å². The van der Waals surface area contributed by atoms with Gasteiger partial charge in [-0.2, -0.15) is 5.10 Å². The van der Waals surface area contributed by atoms with Gasteiger partial charge in [-0.3, -0.25) is 9.58 Å². The molecule has 1 atom stereocenters. The number of hydrogen-bond donors (Lipinski definition) is 1. The summed E-state index contributed by atoms with van der Waals surface area (Å²) in [6.45, 7) is 11.0. The van der Waals surface area contributed by atoms with Crippen LogP contribution in [0.5, 0.6) is 0 Å². The maximum Gasteiger partial charge on any atom is 0.0765 e. The van der Waals surface area contributed by atoms with Gasteiger partial charge in [0.1, 0.15) is 0 Å². The molecule has 0 unspecified atom stereocenters. The normalized spacial score (nSPS) is 21.7. The number of rotatable bonds is 5. The summed E-state index contributed by atoms with van der Waals surface area (Å²) in [6.07, 6.45) is 4.45. The standard InChI is InChI=1S/C14H26N4/c1-4-14(5-2)18-8-6-13(16-18)11-17-9-7-15-10-12(17)3/h6,8,12,14-15H,4-5,7,9-11H2,1-3H3/t12-/m0/s1. The van der Waals surface area contributed by atoms with Crippen molar-refractivity contribution in [3.8, 4) is 0 Å². The maximum absolute atomic E-state index is 4.74. The molecule has 1 aromatic rings. The van der Waals surface area contributed by atoms with Crippen LogP contribution in [0.15, 0.2) is 12.3 Å². The quantitative estimate of drug-likeness (QED) is 0.868. The van der Waals surface area contributed by atoms with Gasteiger partial charge < -0.3 is 5.32 Å². The average Bonchev–Trinajstić information content (AvgIpc) is 2.82. The fraction of sp³-hybridized carbons (Fsp3) is 0.786. The zero-order valence-corrected chi connectivity index (χ0v) is 11.9. The summed E-state index contributed by atoms with van der Waals surface area (Å²) < 4.78 is 2.14. The molecular formula is C14H26N4. The second kappa shape index (κ2) is 6.34. The summed E-state index contributed by atoms with van der Waals surface area (Å²) in [6, 6.07) is 3.34. The maximum atomic E-state index is 4.74. The topological polar surface area (TPSA) is 33.1 Å². The highest BCUT2D eigenvalue weighted by molar-refractivity contribution is 5.00. The van der Waals surface area contributed by atoms with E-state index in [0.717, 1.165) is 39.0 Å². The Balaban J connectivity index is 1.97. The van der Waals surface area contributed by atoms with E-state index >= 15 is 0 Å². The van der Waals surface area contributed by atoms with Gasteiger partial charge in [0.05, 0.1) is 11.7 Å². The van der Waals surface area contributed by atoms with Crippen LogP contribution in [0.2, 0.25) is 0 Å². The van der Waals surface area contributed by atoms with Crippen molar-refractivity contribution in [3.63, 3.8) is 0 Å². The molecule has 102 valence electrons. The van der Waals surface area contributed by atoms with Crippen LogP contribution in [-0.4, -0.2) is 40.4 Å². The summed E-state index contributed by atoms with van der Waals surface area (Å²) in [5.41, 5.74) is 1.20. The lowest BCUT2D eigenvalue weighted by atomic mass is 10.2. The van der Waals surface area contributed by atoms with Gasteiger partial charge in [-0.15, -0.1) is 0 Å². The number of hydrogen-bond acceptors (Lipinski definition) is 3. The number of nitrogens with zero attached hydrogens (tertiary/aromatic N) is 3. The monoisotopic (exact) mass is 250 g/mol. The summed E-state index contributed by atoms with van der Waals surface area (Å²) in [5, 5.41) is 8.16. The van der Waals surface area contributed by atoms with E-state index in [-0.39, 0.29) is 0 Å². The van der Waals surface area contributed by atoms with Crippen LogP contribution < -0.4 is 5.32 Å². The van der Waals surface area contributed by atoms with Gasteiger partial charge in [-0.1, -0.05) is 13.8 Å². The van der Waals surface area contributed by atoms with E-state index in [1.54, 1.807) is 0 Å². The molecule has 1 N–H and O–H groups in total. The zero-order valence-electron chi connectivity index (χ0n) is 11.9. The van der Waals surface area contributed by atoms with Crippen molar-refractivity contribution in [1.29, 1.82) is 0 Å². The van der Waals surface area contributed by atoms with Crippen LogP contribution in [0.25, 0.3) is 0 Å². The first kappa shape index (κ1) is 13.6. The molecule has 2 rings (SSSR count). The van der Waals surface area contributed by atoms with E-state index in [9.17, 15) is 0 Å². The molecule has 0 amide bonds. The van der Waals surface area contributed by atoms with Crippen molar-refractivity contribution in [3.05, 3.63) is 18.0 Å². The fourth-order valence-electron chi connectivity index (χ4n) is 2.65. The Morgan fingerprint density at radius 3 is 2.89 bits per heavy atom. The van der Waals surface area contributed by atoms with Crippen LogP contribution in [-0.2, 0) is 6.54 Å². The van der Waals surface area contributed by atoms with Crippen molar-refractivity contribution in [1.82, 2.24) is 20.0 Å². The first-order valence-corrected chi connectivity index (χ1v) is 7.23. The van der Waals surface area contributed by atoms with E-state index in [1.165, 1.54) is 5.69 Å². The minimum absolute atomic E-state index is 0.555. The SMILES string of the molecule is CCC(CC)n1ccc(CN2CCNC[C@@H]2C)n1. The van der Waals surface area contributed by atoms with Crippen LogP contribution in [0.4, 0.5) is 0 Å². The summed E-state index contributed by atoms with van der Waals surface area (Å²) in [4.78, 5) is 2.51. The van der Waals surface area contributed by atoms with E-state index in [4.69, 9.17) is 5.10 Å². The smallest absolute Gasteiger partial charge is 0.0765 e. The van der Waals surface area contributed by atoms with Gasteiger partial charge >= 0.3 is 0 Å².